The van der Waals surface area contributed by atoms with Crippen molar-refractivity contribution in [3.05, 3.63) is 11.3 Å². The van der Waals surface area contributed by atoms with Gasteiger partial charge in [0.2, 0.25) is 0 Å². The van der Waals surface area contributed by atoms with Crippen LogP contribution >= 0.6 is 0 Å². The smallest absolute Gasteiger partial charge is 0.393 e. The molecule has 0 aromatic carbocycles. The molecular formula is C14H22O6Si. The van der Waals surface area contributed by atoms with Crippen LogP contribution in [-0.4, -0.2) is 40.6 Å². The maximum absolute atomic E-state index is 11.8. The van der Waals surface area contributed by atoms with Crippen molar-refractivity contribution in [3.8, 4) is 0 Å². The molecule has 0 aromatic rings. The zero-order chi connectivity index (χ0) is 15.5. The molecule has 0 saturated carbocycles. The van der Waals surface area contributed by atoms with Crippen LogP contribution in [0, 0.1) is 11.8 Å². The largest absolute Gasteiger partial charge is 0.532 e. The molecule has 1 aliphatic heterocycles. The molecule has 1 fully saturated rings. The fourth-order valence-corrected chi connectivity index (χ4v) is 5.66. The third kappa shape index (κ3) is 3.10. The van der Waals surface area contributed by atoms with Gasteiger partial charge in [-0.1, -0.05) is 6.08 Å². The lowest BCUT2D eigenvalue weighted by Crippen LogP contribution is -2.50. The molecule has 0 radical (unpaired) electrons. The summed E-state index contributed by atoms with van der Waals surface area (Å²) in [5, 5.41) is 0.890. The lowest BCUT2D eigenvalue weighted by Gasteiger charge is -2.33. The fraction of sp³-hybridized carbons (Fsp3) is 0.714. The number of hydrogen-bond donors (Lipinski definition) is 0. The van der Waals surface area contributed by atoms with Crippen molar-refractivity contribution in [2.75, 3.05) is 19.8 Å². The summed E-state index contributed by atoms with van der Waals surface area (Å²) in [7, 11) is -2.96. The Morgan fingerprint density at radius 3 is 2.10 bits per heavy atom. The second kappa shape index (κ2) is 6.82. The molecule has 2 aliphatic rings. The Morgan fingerprint density at radius 1 is 1.05 bits per heavy atom. The van der Waals surface area contributed by atoms with E-state index in [-0.39, 0.29) is 5.92 Å². The average molecular weight is 314 g/mol. The predicted octanol–water partition coefficient (Wildman–Crippen LogP) is 1.61. The Kier molecular flexibility index (Phi) is 5.31. The van der Waals surface area contributed by atoms with Crippen LogP contribution in [0.3, 0.4) is 0 Å². The van der Waals surface area contributed by atoms with E-state index in [2.05, 4.69) is 0 Å². The van der Waals surface area contributed by atoms with Crippen molar-refractivity contribution in [1.82, 2.24) is 0 Å². The topological polar surface area (TPSA) is 71.1 Å². The van der Waals surface area contributed by atoms with Crippen LogP contribution in [0.1, 0.15) is 33.6 Å². The van der Waals surface area contributed by atoms with Gasteiger partial charge >= 0.3 is 20.7 Å². The van der Waals surface area contributed by atoms with Gasteiger partial charge in [-0.05, 0) is 38.8 Å². The van der Waals surface area contributed by atoms with Gasteiger partial charge in [0.05, 0.1) is 11.8 Å². The third-order valence-electron chi connectivity index (χ3n) is 3.75. The van der Waals surface area contributed by atoms with Crippen molar-refractivity contribution in [1.29, 1.82) is 0 Å². The van der Waals surface area contributed by atoms with Gasteiger partial charge < -0.3 is 18.0 Å². The molecule has 21 heavy (non-hydrogen) atoms. The number of ether oxygens (including phenoxy) is 1. The lowest BCUT2D eigenvalue weighted by molar-refractivity contribution is -0.153. The number of carbonyl (C=O) groups is 2. The van der Waals surface area contributed by atoms with Gasteiger partial charge in [0.1, 0.15) is 0 Å². The minimum Gasteiger partial charge on any atom is -0.393 e. The number of fused-ring (bicyclic) bond motifs is 1. The molecular weight excluding hydrogens is 292 g/mol. The van der Waals surface area contributed by atoms with Crippen LogP contribution in [0.15, 0.2) is 11.3 Å². The van der Waals surface area contributed by atoms with Crippen LogP contribution in [0.4, 0.5) is 0 Å². The van der Waals surface area contributed by atoms with Crippen molar-refractivity contribution in [2.45, 2.75) is 33.6 Å². The molecule has 7 heteroatoms. The summed E-state index contributed by atoms with van der Waals surface area (Å²) in [5.74, 6) is -1.65. The van der Waals surface area contributed by atoms with Gasteiger partial charge in [0, 0.05) is 19.8 Å². The summed E-state index contributed by atoms with van der Waals surface area (Å²) in [5.41, 5.74) is 0. The van der Waals surface area contributed by atoms with Gasteiger partial charge in [-0.2, -0.15) is 0 Å². The second-order valence-electron chi connectivity index (χ2n) is 4.98. The molecule has 0 amide bonds. The van der Waals surface area contributed by atoms with E-state index in [1.54, 1.807) is 0 Å². The summed E-state index contributed by atoms with van der Waals surface area (Å²) in [6, 6.07) is 0. The highest BCUT2D eigenvalue weighted by Gasteiger charge is 2.53. The predicted molar refractivity (Wildman–Crippen MR) is 76.0 cm³/mol. The highest BCUT2D eigenvalue weighted by molar-refractivity contribution is 6.68. The van der Waals surface area contributed by atoms with Crippen LogP contribution in [0.2, 0.25) is 0 Å². The molecule has 0 aromatic heterocycles. The first-order valence-corrected chi connectivity index (χ1v) is 9.17. The average Bonchev–Trinajstić information content (AvgIpc) is 2.74. The first kappa shape index (κ1) is 16.3. The standard InChI is InChI=1S/C14H22O6Si/c1-4-17-21(18-5-2,19-6-3)10-7-8-11-12(9-10)14(16)20-13(11)15/h7,11-12H,4-6,8-9H2,1-3H3. The summed E-state index contributed by atoms with van der Waals surface area (Å²) < 4.78 is 22.3. The van der Waals surface area contributed by atoms with Gasteiger partial charge in [-0.15, -0.1) is 0 Å². The monoisotopic (exact) mass is 314 g/mol. The van der Waals surface area contributed by atoms with E-state index >= 15 is 0 Å². The quantitative estimate of drug-likeness (QED) is 0.404. The molecule has 2 unspecified atom stereocenters. The molecule has 0 bridgehead atoms. The normalized spacial score (nSPS) is 25.6. The number of cyclic esters (lactones) is 2. The molecule has 0 spiro atoms. The maximum Gasteiger partial charge on any atom is 0.532 e. The summed E-state index contributed by atoms with van der Waals surface area (Å²) in [6.45, 7) is 7.08. The minimum absolute atomic E-state index is 0.363. The number of allylic oxidation sites excluding steroid dienone is 2. The maximum atomic E-state index is 11.8. The first-order valence-electron chi connectivity index (χ1n) is 7.44. The number of esters is 2. The zero-order valence-electron chi connectivity index (χ0n) is 12.7. The Hall–Kier alpha value is -1.02. The second-order valence-corrected chi connectivity index (χ2v) is 7.60. The summed E-state index contributed by atoms with van der Waals surface area (Å²) in [4.78, 5) is 23.4. The van der Waals surface area contributed by atoms with E-state index in [1.807, 2.05) is 26.8 Å². The van der Waals surface area contributed by atoms with Crippen molar-refractivity contribution >= 4 is 20.7 Å². The van der Waals surface area contributed by atoms with Crippen LogP contribution in [-0.2, 0) is 27.6 Å². The van der Waals surface area contributed by atoms with Crippen molar-refractivity contribution in [2.24, 2.45) is 11.8 Å². The van der Waals surface area contributed by atoms with Crippen molar-refractivity contribution < 1.29 is 27.6 Å². The van der Waals surface area contributed by atoms with Crippen molar-refractivity contribution in [3.63, 3.8) is 0 Å². The Balaban J connectivity index is 2.26. The van der Waals surface area contributed by atoms with Crippen LogP contribution in [0.5, 0.6) is 0 Å². The molecule has 2 rings (SSSR count). The SMILES string of the molecule is CCO[Si](OCC)(OCC)C1=CCC2C(=O)OC(=O)C2C1. The lowest BCUT2D eigenvalue weighted by atomic mass is 9.85. The minimum atomic E-state index is -2.96. The molecule has 2 atom stereocenters. The van der Waals surface area contributed by atoms with Gasteiger partial charge in [0.25, 0.3) is 0 Å². The van der Waals surface area contributed by atoms with Gasteiger partial charge in [-0.3, -0.25) is 9.59 Å². The molecule has 1 saturated heterocycles. The highest BCUT2D eigenvalue weighted by Crippen LogP contribution is 2.40. The van der Waals surface area contributed by atoms with Crippen LogP contribution in [0.25, 0.3) is 0 Å². The van der Waals surface area contributed by atoms with Gasteiger partial charge in [0.15, 0.2) is 0 Å². The van der Waals surface area contributed by atoms with E-state index < -0.39 is 26.7 Å². The molecule has 0 N–H and O–H groups in total. The van der Waals surface area contributed by atoms with E-state index in [9.17, 15) is 9.59 Å². The van der Waals surface area contributed by atoms with E-state index in [0.717, 1.165) is 5.20 Å². The van der Waals surface area contributed by atoms with Gasteiger partial charge in [-0.25, -0.2) is 0 Å². The number of rotatable bonds is 7. The highest BCUT2D eigenvalue weighted by atomic mass is 28.4. The molecule has 1 aliphatic carbocycles. The Morgan fingerprint density at radius 2 is 1.57 bits per heavy atom. The number of carbonyl (C=O) groups excluding carboxylic acids is 2. The third-order valence-corrected chi connectivity index (χ3v) is 6.95. The molecule has 1 heterocycles. The molecule has 118 valence electrons. The van der Waals surface area contributed by atoms with E-state index in [4.69, 9.17) is 18.0 Å². The van der Waals surface area contributed by atoms with E-state index in [0.29, 0.717) is 32.7 Å². The fourth-order valence-electron chi connectivity index (χ4n) is 2.88. The van der Waals surface area contributed by atoms with E-state index in [1.165, 1.54) is 0 Å². The summed E-state index contributed by atoms with van der Waals surface area (Å²) >= 11 is 0. The Bertz CT molecular complexity index is 430. The zero-order valence-corrected chi connectivity index (χ0v) is 13.7. The molecule has 6 nitrogen and oxygen atoms in total. The number of hydrogen-bond acceptors (Lipinski definition) is 6. The Labute approximate surface area is 125 Å². The van der Waals surface area contributed by atoms with Crippen LogP contribution < -0.4 is 0 Å². The first-order chi connectivity index (χ1) is 10.1. The summed E-state index contributed by atoms with van der Waals surface area (Å²) in [6.07, 6.45) is 2.84.